The zero-order chi connectivity index (χ0) is 23.4. The predicted molar refractivity (Wildman–Crippen MR) is 125 cm³/mol. The maximum absolute atomic E-state index is 12.2. The summed E-state index contributed by atoms with van der Waals surface area (Å²) in [5.41, 5.74) is 1.95. The Bertz CT molecular complexity index is 925. The number of fused-ring (bicyclic) bond motifs is 2. The average Bonchev–Trinajstić information content (AvgIpc) is 2.82. The summed E-state index contributed by atoms with van der Waals surface area (Å²) in [5, 5.41) is 23.7. The van der Waals surface area contributed by atoms with Crippen molar-refractivity contribution in [3.8, 4) is 0 Å². The minimum atomic E-state index is -1.07. The topological polar surface area (TPSA) is 85.1 Å². The second kappa shape index (κ2) is 10.6. The van der Waals surface area contributed by atoms with Gasteiger partial charge in [-0.25, -0.2) is 0 Å². The summed E-state index contributed by atoms with van der Waals surface area (Å²) in [5.74, 6) is -0.367. The van der Waals surface area contributed by atoms with Crippen LogP contribution < -0.4 is 0 Å². The van der Waals surface area contributed by atoms with E-state index in [2.05, 4.69) is 6.58 Å². The molecule has 1 N–H and O–H groups in total. The van der Waals surface area contributed by atoms with Crippen molar-refractivity contribution in [1.29, 1.82) is 0 Å². The Hall–Kier alpha value is -2.58. The molecule has 0 spiro atoms. The van der Waals surface area contributed by atoms with Crippen LogP contribution >= 0.6 is 0 Å². The zero-order valence-corrected chi connectivity index (χ0v) is 18.9. The first kappa shape index (κ1) is 23.6. The minimum Gasteiger partial charge on any atom is -0.388 e. The molecule has 1 heterocycles. The highest BCUT2D eigenvalue weighted by Crippen LogP contribution is 2.42. The Morgan fingerprint density at radius 2 is 1.61 bits per heavy atom. The predicted octanol–water partition coefficient (Wildman–Crippen LogP) is 3.44. The molecule has 1 aliphatic carbocycles. The van der Waals surface area contributed by atoms with Gasteiger partial charge in [-0.3, -0.25) is 15.0 Å². The van der Waals surface area contributed by atoms with E-state index in [1.807, 2.05) is 72.5 Å². The van der Waals surface area contributed by atoms with Crippen LogP contribution in [0.15, 0.2) is 73.3 Å². The summed E-state index contributed by atoms with van der Waals surface area (Å²) in [6.07, 6.45) is -0.0150. The summed E-state index contributed by atoms with van der Waals surface area (Å²) in [6.45, 7) is 6.94. The van der Waals surface area contributed by atoms with E-state index in [4.69, 9.17) is 9.47 Å². The van der Waals surface area contributed by atoms with Crippen molar-refractivity contribution in [3.63, 3.8) is 0 Å². The maximum atomic E-state index is 12.2. The first-order valence-corrected chi connectivity index (χ1v) is 11.5. The molecule has 0 amide bonds. The molecule has 2 aromatic rings. The fourth-order valence-corrected chi connectivity index (χ4v) is 5.45. The van der Waals surface area contributed by atoms with E-state index in [9.17, 15) is 15.2 Å². The van der Waals surface area contributed by atoms with Gasteiger partial charge in [0.15, 0.2) is 0 Å². The lowest BCUT2D eigenvalue weighted by molar-refractivity contribution is -0.557. The Balaban J connectivity index is 1.64. The normalized spacial score (nSPS) is 31.8. The van der Waals surface area contributed by atoms with Crippen LogP contribution in [0.5, 0.6) is 0 Å². The molecular weight excluding hydrogens is 420 g/mol. The third-order valence-electron chi connectivity index (χ3n) is 6.94. The largest absolute Gasteiger partial charge is 0.388 e. The molecule has 0 aromatic heterocycles. The number of hydrogen-bond acceptors (Lipinski definition) is 6. The lowest BCUT2D eigenvalue weighted by atomic mass is 9.68. The van der Waals surface area contributed by atoms with Crippen LogP contribution in [0.2, 0.25) is 0 Å². The molecule has 7 heteroatoms. The van der Waals surface area contributed by atoms with Gasteiger partial charge in [0.05, 0.1) is 25.2 Å². The lowest BCUT2D eigenvalue weighted by Crippen LogP contribution is -2.73. The van der Waals surface area contributed by atoms with Crippen molar-refractivity contribution in [1.82, 2.24) is 4.90 Å². The summed E-state index contributed by atoms with van der Waals surface area (Å²) < 4.78 is 12.6. The van der Waals surface area contributed by atoms with E-state index < -0.39 is 30.4 Å². The Morgan fingerprint density at radius 3 is 2.12 bits per heavy atom. The number of aliphatic hydroxyl groups excluding tert-OH is 1. The van der Waals surface area contributed by atoms with E-state index in [1.165, 1.54) is 0 Å². The third-order valence-corrected chi connectivity index (χ3v) is 6.94. The van der Waals surface area contributed by atoms with Gasteiger partial charge in [-0.15, -0.1) is 6.58 Å². The van der Waals surface area contributed by atoms with E-state index in [0.29, 0.717) is 26.2 Å². The molecule has 1 unspecified atom stereocenters. The molecule has 4 rings (SSSR count). The number of aliphatic hydroxyl groups is 1. The van der Waals surface area contributed by atoms with Gasteiger partial charge in [0, 0.05) is 17.5 Å². The number of ether oxygens (including phenoxy) is 2. The monoisotopic (exact) mass is 452 g/mol. The molecule has 7 atom stereocenters. The number of hydrogen-bond donors (Lipinski definition) is 1. The van der Waals surface area contributed by atoms with Gasteiger partial charge in [-0.2, -0.15) is 0 Å². The summed E-state index contributed by atoms with van der Waals surface area (Å²) in [4.78, 5) is 14.0. The molecule has 2 aliphatic rings. The number of nitro groups is 1. The van der Waals surface area contributed by atoms with Crippen LogP contribution in [0.4, 0.5) is 0 Å². The SMILES string of the molecule is C=CCN1C(C)C[C@H]2[C@H](OCc3ccccc3)[C@H](OCc3ccccc3)[C@H](O)[C@@H]1[C@H]2[N+](=O)[O-]. The molecule has 33 heavy (non-hydrogen) atoms. The fourth-order valence-electron chi connectivity index (χ4n) is 5.45. The maximum Gasteiger partial charge on any atom is 0.236 e. The second-order valence-electron chi connectivity index (χ2n) is 9.01. The van der Waals surface area contributed by atoms with Crippen molar-refractivity contribution in [2.75, 3.05) is 6.54 Å². The van der Waals surface area contributed by atoms with Crippen molar-refractivity contribution in [2.45, 2.75) is 63.0 Å². The first-order valence-electron chi connectivity index (χ1n) is 11.5. The van der Waals surface area contributed by atoms with Crippen molar-refractivity contribution < 1.29 is 19.5 Å². The van der Waals surface area contributed by atoms with Crippen molar-refractivity contribution in [2.24, 2.45) is 5.92 Å². The quantitative estimate of drug-likeness (QED) is 0.356. The van der Waals surface area contributed by atoms with Gasteiger partial charge in [0.1, 0.15) is 18.2 Å². The van der Waals surface area contributed by atoms with Crippen LogP contribution in [0.25, 0.3) is 0 Å². The van der Waals surface area contributed by atoms with Crippen LogP contribution in [0.3, 0.4) is 0 Å². The van der Waals surface area contributed by atoms with Gasteiger partial charge in [-0.1, -0.05) is 66.7 Å². The highest BCUT2D eigenvalue weighted by atomic mass is 16.6. The molecule has 176 valence electrons. The van der Waals surface area contributed by atoms with E-state index in [-0.39, 0.29) is 16.9 Å². The minimum absolute atomic E-state index is 0.0572. The van der Waals surface area contributed by atoms with Crippen molar-refractivity contribution >= 4 is 0 Å². The van der Waals surface area contributed by atoms with E-state index >= 15 is 0 Å². The first-order chi connectivity index (χ1) is 16.0. The van der Waals surface area contributed by atoms with Crippen LogP contribution in [-0.4, -0.2) is 57.9 Å². The number of likely N-dealkylation sites (tertiary alicyclic amines) is 1. The van der Waals surface area contributed by atoms with Gasteiger partial charge in [-0.05, 0) is 24.5 Å². The number of rotatable bonds is 9. The number of nitrogens with zero attached hydrogens (tertiary/aromatic N) is 2. The highest BCUT2D eigenvalue weighted by Gasteiger charge is 2.62. The number of benzene rings is 2. The van der Waals surface area contributed by atoms with E-state index in [1.54, 1.807) is 6.08 Å². The molecule has 0 radical (unpaired) electrons. The molecule has 1 saturated carbocycles. The summed E-state index contributed by atoms with van der Waals surface area (Å²) in [6, 6.07) is 17.9. The van der Waals surface area contributed by atoms with Crippen LogP contribution in [0.1, 0.15) is 24.5 Å². The van der Waals surface area contributed by atoms with Crippen LogP contribution in [0, 0.1) is 16.0 Å². The van der Waals surface area contributed by atoms with Crippen LogP contribution in [-0.2, 0) is 22.7 Å². The van der Waals surface area contributed by atoms with Crippen molar-refractivity contribution in [3.05, 3.63) is 94.6 Å². The zero-order valence-electron chi connectivity index (χ0n) is 18.9. The average molecular weight is 453 g/mol. The molecular formula is C26H32N2O5. The molecule has 2 fully saturated rings. The molecule has 1 saturated heterocycles. The molecule has 2 bridgehead atoms. The standard InChI is InChI=1S/C26H32N2O5/c1-3-14-27-18(2)15-21-22(28(30)31)23(27)24(29)26(33-17-20-12-8-5-9-13-20)25(21)32-16-19-10-6-4-7-11-19/h3-13,18,21-26,29H,1,14-17H2,2H3/t18?,21-,22+,23+,24-,25+,26-/m1/s1. The van der Waals surface area contributed by atoms with Gasteiger partial charge in [0.25, 0.3) is 0 Å². The smallest absolute Gasteiger partial charge is 0.236 e. The Labute approximate surface area is 194 Å². The third kappa shape index (κ3) is 5.01. The Kier molecular flexibility index (Phi) is 7.55. The lowest BCUT2D eigenvalue weighted by Gasteiger charge is -2.54. The van der Waals surface area contributed by atoms with Gasteiger partial charge in [0.2, 0.25) is 6.04 Å². The number of piperidine rings is 1. The van der Waals surface area contributed by atoms with Gasteiger partial charge < -0.3 is 14.6 Å². The highest BCUT2D eigenvalue weighted by molar-refractivity contribution is 5.16. The molecule has 1 aliphatic heterocycles. The molecule has 7 nitrogen and oxygen atoms in total. The van der Waals surface area contributed by atoms with E-state index in [0.717, 1.165) is 11.1 Å². The van der Waals surface area contributed by atoms with Gasteiger partial charge >= 0.3 is 0 Å². The molecule has 2 aromatic carbocycles. The summed E-state index contributed by atoms with van der Waals surface area (Å²) >= 11 is 0. The Morgan fingerprint density at radius 1 is 1.06 bits per heavy atom. The summed E-state index contributed by atoms with van der Waals surface area (Å²) in [7, 11) is 0. The second-order valence-corrected chi connectivity index (χ2v) is 9.01. The fraction of sp³-hybridized carbons (Fsp3) is 0.462.